The van der Waals surface area contributed by atoms with E-state index in [0.717, 1.165) is 18.7 Å². The molecule has 4 atom stereocenters. The Morgan fingerprint density at radius 3 is 1.60 bits per heavy atom. The molecule has 0 aromatic carbocycles. The topological polar surface area (TPSA) is 0 Å². The molecule has 0 saturated heterocycles. The summed E-state index contributed by atoms with van der Waals surface area (Å²) >= 11 is 5.49. The van der Waals surface area contributed by atoms with E-state index in [-0.39, 0.29) is 0 Å². The second-order valence-electron chi connectivity index (χ2n) is 4.28. The first-order valence-corrected chi connectivity index (χ1v) is 6.16. The van der Waals surface area contributed by atoms with E-state index >= 15 is 0 Å². The highest BCUT2D eigenvalue weighted by atomic mass is 127. The molecule has 0 radical (unpaired) electrons. The molecule has 4 aliphatic carbocycles. The van der Waals surface area contributed by atoms with Gasteiger partial charge in [0.25, 0.3) is 0 Å². The Morgan fingerprint density at radius 2 is 1.50 bits per heavy atom. The molecular weight excluding hydrogens is 350 g/mol. The molecule has 0 N–H and O–H groups in total. The second-order valence-corrected chi connectivity index (χ2v) is 8.58. The van der Waals surface area contributed by atoms with E-state index in [0.29, 0.717) is 0 Å². The fourth-order valence-corrected chi connectivity index (χ4v) is 7.48. The van der Waals surface area contributed by atoms with E-state index in [2.05, 4.69) is 45.2 Å². The van der Waals surface area contributed by atoms with Crippen LogP contribution in [0, 0.1) is 11.8 Å². The number of hydrogen-bond acceptors (Lipinski definition) is 0. The molecule has 4 bridgehead atoms. The SMILES string of the molecule is I[C@@]12C[C@H]3C[C@@H]1C[C@@]3(I)C2. The van der Waals surface area contributed by atoms with Gasteiger partial charge < -0.3 is 0 Å². The van der Waals surface area contributed by atoms with Gasteiger partial charge in [-0.15, -0.1) is 0 Å². The lowest BCUT2D eigenvalue weighted by Gasteiger charge is -2.20. The van der Waals surface area contributed by atoms with Gasteiger partial charge in [0, 0.05) is 6.84 Å². The van der Waals surface area contributed by atoms with Crippen molar-refractivity contribution in [3.8, 4) is 0 Å². The van der Waals surface area contributed by atoms with Crippen LogP contribution in [0.1, 0.15) is 25.7 Å². The number of halogens is 2. The van der Waals surface area contributed by atoms with Crippen molar-refractivity contribution in [3.05, 3.63) is 0 Å². The summed E-state index contributed by atoms with van der Waals surface area (Å²) in [7, 11) is 0. The van der Waals surface area contributed by atoms with Gasteiger partial charge in [-0.1, -0.05) is 45.2 Å². The van der Waals surface area contributed by atoms with Gasteiger partial charge in [-0.25, -0.2) is 0 Å². The zero-order valence-corrected chi connectivity index (χ0v) is 10.1. The lowest BCUT2D eigenvalue weighted by Crippen LogP contribution is -2.18. The van der Waals surface area contributed by atoms with Gasteiger partial charge in [-0.2, -0.15) is 0 Å². The van der Waals surface area contributed by atoms with Crippen molar-refractivity contribution < 1.29 is 0 Å². The zero-order chi connectivity index (χ0) is 6.98. The first-order valence-electron chi connectivity index (χ1n) is 4.00. The Bertz CT molecular complexity index is 183. The van der Waals surface area contributed by atoms with Gasteiger partial charge in [0.1, 0.15) is 0 Å². The molecule has 0 nitrogen and oxygen atoms in total. The second kappa shape index (κ2) is 1.70. The molecule has 0 aliphatic heterocycles. The number of hydrogen-bond donors (Lipinski definition) is 0. The third-order valence-corrected chi connectivity index (χ3v) is 7.20. The molecule has 2 heteroatoms. The smallest absolute Gasteiger partial charge is 0.0267 e. The number of rotatable bonds is 0. The summed E-state index contributed by atoms with van der Waals surface area (Å²) in [6.45, 7) is 0. The van der Waals surface area contributed by atoms with Crippen molar-refractivity contribution in [2.75, 3.05) is 0 Å². The van der Waals surface area contributed by atoms with E-state index in [4.69, 9.17) is 0 Å². The Kier molecular flexibility index (Phi) is 1.18. The highest BCUT2D eigenvalue weighted by Crippen LogP contribution is 2.73. The van der Waals surface area contributed by atoms with Gasteiger partial charge >= 0.3 is 0 Å². The minimum absolute atomic E-state index is 0.767. The molecule has 4 rings (SSSR count). The van der Waals surface area contributed by atoms with Gasteiger partial charge in [0.2, 0.25) is 0 Å². The summed E-state index contributed by atoms with van der Waals surface area (Å²) < 4.78 is 1.53. The van der Waals surface area contributed by atoms with Crippen LogP contribution in [-0.2, 0) is 0 Å². The predicted molar refractivity (Wildman–Crippen MR) is 59.0 cm³/mol. The van der Waals surface area contributed by atoms with Crippen LogP contribution in [0.3, 0.4) is 0 Å². The van der Waals surface area contributed by atoms with E-state index in [1.165, 1.54) is 6.42 Å². The van der Waals surface area contributed by atoms with E-state index < -0.39 is 0 Å². The molecule has 0 spiro atoms. The minimum atomic E-state index is 0.767. The highest BCUT2D eigenvalue weighted by Gasteiger charge is 2.68. The highest BCUT2D eigenvalue weighted by molar-refractivity contribution is 14.1. The summed E-state index contributed by atoms with van der Waals surface area (Å²) in [4.78, 5) is 0. The van der Waals surface area contributed by atoms with Crippen molar-refractivity contribution in [1.82, 2.24) is 0 Å². The quantitative estimate of drug-likeness (QED) is 0.460. The van der Waals surface area contributed by atoms with Crippen molar-refractivity contribution in [2.24, 2.45) is 11.8 Å². The van der Waals surface area contributed by atoms with E-state index in [9.17, 15) is 0 Å². The average Bonchev–Trinajstić information content (AvgIpc) is 2.27. The van der Waals surface area contributed by atoms with Crippen LogP contribution < -0.4 is 0 Å². The monoisotopic (exact) mass is 360 g/mol. The van der Waals surface area contributed by atoms with Crippen LogP contribution in [-0.4, -0.2) is 6.84 Å². The zero-order valence-electron chi connectivity index (χ0n) is 5.74. The first kappa shape index (κ1) is 6.92. The Labute approximate surface area is 88.8 Å². The molecule has 4 saturated carbocycles. The summed E-state index contributed by atoms with van der Waals surface area (Å²) in [5.41, 5.74) is 0. The molecule has 0 aromatic rings. The molecular formula is C8H10I2. The molecule has 4 fully saturated rings. The fraction of sp³-hybridized carbons (Fsp3) is 1.00. The van der Waals surface area contributed by atoms with Gasteiger partial charge in [-0.05, 0) is 37.5 Å². The van der Waals surface area contributed by atoms with Crippen LogP contribution in [0.15, 0.2) is 0 Å². The molecule has 0 unspecified atom stereocenters. The third-order valence-electron chi connectivity index (χ3n) is 3.79. The largest absolute Gasteiger partial charge is 0.0785 e. The van der Waals surface area contributed by atoms with Gasteiger partial charge in [-0.3, -0.25) is 0 Å². The Morgan fingerprint density at radius 1 is 1.00 bits per heavy atom. The van der Waals surface area contributed by atoms with Crippen molar-refractivity contribution in [1.29, 1.82) is 0 Å². The van der Waals surface area contributed by atoms with Crippen LogP contribution in [0.2, 0.25) is 0 Å². The van der Waals surface area contributed by atoms with Crippen LogP contribution in [0.25, 0.3) is 0 Å². The molecule has 0 amide bonds. The third kappa shape index (κ3) is 0.605. The molecule has 0 aromatic heterocycles. The summed E-state index contributed by atoms with van der Waals surface area (Å²) in [6, 6.07) is 0. The maximum atomic E-state index is 2.74. The van der Waals surface area contributed by atoms with Crippen LogP contribution >= 0.6 is 45.2 Å². The first-order chi connectivity index (χ1) is 4.62. The van der Waals surface area contributed by atoms with Crippen molar-refractivity contribution in [3.63, 3.8) is 0 Å². The van der Waals surface area contributed by atoms with Gasteiger partial charge in [0.05, 0.1) is 0 Å². The fourth-order valence-electron chi connectivity index (χ4n) is 3.37. The molecule has 4 aliphatic rings. The molecule has 56 valence electrons. The van der Waals surface area contributed by atoms with E-state index in [1.54, 1.807) is 19.3 Å². The standard InChI is InChI=1S/C8H10I2/c9-7-2-5-1-6(7)3-8(5,10)4-7/h5-6H,1-4H2/t5-,6-,7-,8-/m1/s1. The summed E-state index contributed by atoms with van der Waals surface area (Å²) in [5.74, 6) is 2.21. The Balaban J connectivity index is 2.15. The lowest BCUT2D eigenvalue weighted by atomic mass is 10.0. The van der Waals surface area contributed by atoms with Crippen molar-refractivity contribution in [2.45, 2.75) is 32.5 Å². The maximum absolute atomic E-state index is 2.74. The minimum Gasteiger partial charge on any atom is -0.0785 e. The predicted octanol–water partition coefficient (Wildman–Crippen LogP) is 3.17. The average molecular weight is 360 g/mol. The Hall–Kier alpha value is 1.46. The van der Waals surface area contributed by atoms with Crippen molar-refractivity contribution >= 4 is 45.2 Å². The summed E-state index contributed by atoms with van der Waals surface area (Å²) in [5, 5.41) is 0. The van der Waals surface area contributed by atoms with E-state index in [1.807, 2.05) is 0 Å². The normalized spacial score (nSPS) is 70.2. The lowest BCUT2D eigenvalue weighted by molar-refractivity contribution is 0.524. The van der Waals surface area contributed by atoms with Gasteiger partial charge in [0.15, 0.2) is 0 Å². The summed E-state index contributed by atoms with van der Waals surface area (Å²) in [6.07, 6.45) is 6.17. The number of alkyl halides is 2. The maximum Gasteiger partial charge on any atom is 0.0267 e. The molecule has 10 heavy (non-hydrogen) atoms. The van der Waals surface area contributed by atoms with Crippen LogP contribution in [0.4, 0.5) is 0 Å². The molecule has 0 heterocycles. The van der Waals surface area contributed by atoms with Crippen LogP contribution in [0.5, 0.6) is 0 Å².